The van der Waals surface area contributed by atoms with Gasteiger partial charge in [0.1, 0.15) is 5.75 Å². The summed E-state index contributed by atoms with van der Waals surface area (Å²) in [5.74, 6) is 0.751. The van der Waals surface area contributed by atoms with Crippen LogP contribution in [0.1, 0.15) is 11.1 Å². The molecule has 0 aliphatic heterocycles. The first-order valence-electron chi connectivity index (χ1n) is 9.83. The van der Waals surface area contributed by atoms with Crippen molar-refractivity contribution in [2.75, 3.05) is 39.6 Å². The Kier molecular flexibility index (Phi) is 7.07. The number of pyridine rings is 1. The molecule has 0 amide bonds. The number of nitrogens with one attached hydrogen (secondary N) is 2. The van der Waals surface area contributed by atoms with Gasteiger partial charge in [0, 0.05) is 35.2 Å². The summed E-state index contributed by atoms with van der Waals surface area (Å²) in [5.41, 5.74) is 3.44. The van der Waals surface area contributed by atoms with E-state index in [9.17, 15) is 4.79 Å². The average Bonchev–Trinajstić information content (AvgIpc) is 2.72. The predicted molar refractivity (Wildman–Crippen MR) is 127 cm³/mol. The minimum Gasteiger partial charge on any atom is -0.497 e. The Morgan fingerprint density at radius 2 is 1.83 bits per heavy atom. The van der Waals surface area contributed by atoms with E-state index in [1.54, 1.807) is 7.11 Å². The molecule has 1 heterocycles. The molecule has 3 rings (SSSR count). The van der Waals surface area contributed by atoms with Crippen molar-refractivity contribution in [2.45, 2.75) is 13.5 Å². The van der Waals surface area contributed by atoms with Crippen LogP contribution < -0.4 is 15.6 Å². The Morgan fingerprint density at radius 1 is 1.10 bits per heavy atom. The molecule has 0 radical (unpaired) electrons. The highest BCUT2D eigenvalue weighted by Crippen LogP contribution is 2.19. The molecule has 1 aromatic heterocycles. The van der Waals surface area contributed by atoms with Gasteiger partial charge in [0.25, 0.3) is 5.56 Å². The van der Waals surface area contributed by atoms with E-state index in [-0.39, 0.29) is 5.56 Å². The summed E-state index contributed by atoms with van der Waals surface area (Å²) >= 11 is 5.68. The van der Waals surface area contributed by atoms with E-state index in [1.165, 1.54) is 5.56 Å². The molecule has 6 nitrogen and oxygen atoms in total. The number of aryl methyl sites for hydroxylation is 1. The molecule has 158 valence electrons. The van der Waals surface area contributed by atoms with Crippen LogP contribution in [0.4, 0.5) is 5.69 Å². The first-order chi connectivity index (χ1) is 14.4. The normalized spacial score (nSPS) is 11.0. The second kappa shape index (κ2) is 9.73. The number of thiocarbonyl (C=S) groups is 1. The molecule has 2 N–H and O–H groups in total. The van der Waals surface area contributed by atoms with Crippen molar-refractivity contribution < 1.29 is 4.74 Å². The Balaban J connectivity index is 1.86. The number of hydrogen-bond acceptors (Lipinski definition) is 4. The van der Waals surface area contributed by atoms with Gasteiger partial charge in [0.15, 0.2) is 5.11 Å². The summed E-state index contributed by atoms with van der Waals surface area (Å²) in [6.07, 6.45) is 0. The lowest BCUT2D eigenvalue weighted by atomic mass is 10.1. The number of aromatic amines is 1. The zero-order valence-electron chi connectivity index (χ0n) is 17.9. The van der Waals surface area contributed by atoms with Gasteiger partial charge < -0.3 is 24.8 Å². The van der Waals surface area contributed by atoms with Crippen LogP contribution in [-0.4, -0.2) is 54.2 Å². The third kappa shape index (κ3) is 5.58. The van der Waals surface area contributed by atoms with Crippen molar-refractivity contribution in [3.63, 3.8) is 0 Å². The fourth-order valence-electron chi connectivity index (χ4n) is 3.09. The van der Waals surface area contributed by atoms with Crippen molar-refractivity contribution >= 4 is 33.9 Å². The monoisotopic (exact) mass is 424 g/mol. The van der Waals surface area contributed by atoms with Gasteiger partial charge in [-0.05, 0) is 69.6 Å². The average molecular weight is 425 g/mol. The second-order valence-corrected chi connectivity index (χ2v) is 7.98. The maximum Gasteiger partial charge on any atom is 0.253 e. The number of hydrogen-bond donors (Lipinski definition) is 2. The van der Waals surface area contributed by atoms with Gasteiger partial charge in [-0.2, -0.15) is 0 Å². The first-order valence-corrected chi connectivity index (χ1v) is 10.2. The van der Waals surface area contributed by atoms with Crippen molar-refractivity contribution in [3.05, 3.63) is 70.0 Å². The lowest BCUT2D eigenvalue weighted by molar-refractivity contribution is 0.327. The largest absolute Gasteiger partial charge is 0.497 e. The van der Waals surface area contributed by atoms with Crippen molar-refractivity contribution in [1.82, 2.24) is 14.8 Å². The summed E-state index contributed by atoms with van der Waals surface area (Å²) in [4.78, 5) is 19.8. The molecule has 0 aliphatic rings. The first kappa shape index (κ1) is 21.8. The van der Waals surface area contributed by atoms with Crippen LogP contribution in [0.15, 0.2) is 53.3 Å². The molecule has 2 aromatic carbocycles. The van der Waals surface area contributed by atoms with Gasteiger partial charge in [0.05, 0.1) is 13.7 Å². The number of fused-ring (bicyclic) bond motifs is 1. The molecule has 0 spiro atoms. The number of anilines is 1. The van der Waals surface area contributed by atoms with Crippen LogP contribution >= 0.6 is 12.2 Å². The topological polar surface area (TPSA) is 60.6 Å². The lowest BCUT2D eigenvalue weighted by Crippen LogP contribution is -2.40. The third-order valence-electron chi connectivity index (χ3n) is 4.90. The third-order valence-corrected chi connectivity index (χ3v) is 5.26. The SMILES string of the molecule is COc1ccc2[nH]c(=O)c(CN(CCN(C)C)C(=S)Nc3ccc(C)cc3)cc2c1. The molecule has 0 aliphatic carbocycles. The van der Waals surface area contributed by atoms with E-state index in [4.69, 9.17) is 17.0 Å². The van der Waals surface area contributed by atoms with Gasteiger partial charge in [0.2, 0.25) is 0 Å². The highest BCUT2D eigenvalue weighted by Gasteiger charge is 2.14. The molecular weight excluding hydrogens is 396 g/mol. The van der Waals surface area contributed by atoms with E-state index < -0.39 is 0 Å². The minimum absolute atomic E-state index is 0.111. The maximum atomic E-state index is 12.7. The molecule has 0 atom stereocenters. The van der Waals surface area contributed by atoms with Crippen LogP contribution in [0.5, 0.6) is 5.75 Å². The molecule has 0 fully saturated rings. The van der Waals surface area contributed by atoms with Gasteiger partial charge in [-0.1, -0.05) is 17.7 Å². The summed E-state index contributed by atoms with van der Waals surface area (Å²) in [7, 11) is 5.67. The van der Waals surface area contributed by atoms with Crippen LogP contribution in [0, 0.1) is 6.92 Å². The standard InChI is InChI=1S/C23H28N4O2S/c1-16-5-7-19(8-6-16)24-23(30)27(12-11-26(2)3)15-18-13-17-14-20(29-4)9-10-21(17)25-22(18)28/h5-10,13-14H,11-12,15H2,1-4H3,(H,24,30)(H,25,28). The van der Waals surface area contributed by atoms with Gasteiger partial charge >= 0.3 is 0 Å². The van der Waals surface area contributed by atoms with Crippen LogP contribution in [0.25, 0.3) is 10.9 Å². The molecule has 0 bridgehead atoms. The van der Waals surface area contributed by atoms with Gasteiger partial charge in [-0.25, -0.2) is 0 Å². The molecule has 0 unspecified atom stereocenters. The molecule has 7 heteroatoms. The highest BCUT2D eigenvalue weighted by molar-refractivity contribution is 7.80. The van der Waals surface area contributed by atoms with E-state index in [0.29, 0.717) is 23.8 Å². The summed E-state index contributed by atoms with van der Waals surface area (Å²) in [6.45, 7) is 3.97. The molecule has 3 aromatic rings. The Labute approximate surface area is 182 Å². The molecule has 30 heavy (non-hydrogen) atoms. The summed E-state index contributed by atoms with van der Waals surface area (Å²) in [6, 6.07) is 15.6. The minimum atomic E-state index is -0.111. The van der Waals surface area contributed by atoms with Gasteiger partial charge in [-0.15, -0.1) is 0 Å². The number of benzene rings is 2. The predicted octanol–water partition coefficient (Wildman–Crippen LogP) is 3.61. The zero-order chi connectivity index (χ0) is 21.7. The summed E-state index contributed by atoms with van der Waals surface area (Å²) in [5, 5.41) is 4.81. The van der Waals surface area contributed by atoms with Crippen LogP contribution in [0.2, 0.25) is 0 Å². The number of ether oxygens (including phenoxy) is 1. The van der Waals surface area contributed by atoms with Gasteiger partial charge in [-0.3, -0.25) is 4.79 Å². The fourth-order valence-corrected chi connectivity index (χ4v) is 3.37. The Morgan fingerprint density at radius 3 is 2.50 bits per heavy atom. The van der Waals surface area contributed by atoms with E-state index >= 15 is 0 Å². The smallest absolute Gasteiger partial charge is 0.253 e. The fraction of sp³-hybridized carbons (Fsp3) is 0.304. The van der Waals surface area contributed by atoms with Crippen molar-refractivity contribution in [2.24, 2.45) is 0 Å². The summed E-state index contributed by atoms with van der Waals surface area (Å²) < 4.78 is 5.31. The van der Waals surface area contributed by atoms with Crippen molar-refractivity contribution in [1.29, 1.82) is 0 Å². The second-order valence-electron chi connectivity index (χ2n) is 7.60. The molecule has 0 saturated carbocycles. The highest BCUT2D eigenvalue weighted by atomic mass is 32.1. The zero-order valence-corrected chi connectivity index (χ0v) is 18.7. The van der Waals surface area contributed by atoms with Crippen LogP contribution in [0.3, 0.4) is 0 Å². The number of methoxy groups -OCH3 is 1. The number of aromatic nitrogens is 1. The molecule has 0 saturated heterocycles. The number of nitrogens with zero attached hydrogens (tertiary/aromatic N) is 2. The van der Waals surface area contributed by atoms with E-state index in [0.717, 1.165) is 28.9 Å². The van der Waals surface area contributed by atoms with Crippen LogP contribution in [-0.2, 0) is 6.54 Å². The Bertz CT molecular complexity index is 1080. The number of rotatable bonds is 7. The van der Waals surface area contributed by atoms with Crippen molar-refractivity contribution in [3.8, 4) is 5.75 Å². The Hall–Kier alpha value is -2.90. The quantitative estimate of drug-likeness (QED) is 0.565. The lowest BCUT2D eigenvalue weighted by Gasteiger charge is -2.27. The maximum absolute atomic E-state index is 12.7. The van der Waals surface area contributed by atoms with E-state index in [2.05, 4.69) is 15.2 Å². The molecular formula is C23H28N4O2S. The number of H-pyrrole nitrogens is 1. The number of likely N-dealkylation sites (N-methyl/N-ethyl adjacent to an activating group) is 1. The van der Waals surface area contributed by atoms with E-state index in [1.807, 2.05) is 74.4 Å².